The number of benzene rings is 1. The highest BCUT2D eigenvalue weighted by Gasteiger charge is 2.19. The predicted octanol–water partition coefficient (Wildman–Crippen LogP) is 2.17. The van der Waals surface area contributed by atoms with Crippen molar-refractivity contribution < 1.29 is 4.79 Å². The molecule has 0 aliphatic rings. The minimum atomic E-state index is -0.138. The SMILES string of the molecule is Cc1ccc(N(C)C(=O)C(C)CN)c(C)c1C. The first-order valence-electron chi connectivity index (χ1n) is 5.94. The maximum absolute atomic E-state index is 12.1. The Hall–Kier alpha value is -1.35. The van der Waals surface area contributed by atoms with Gasteiger partial charge in [0.2, 0.25) is 5.91 Å². The molecule has 0 fully saturated rings. The number of amides is 1. The molecule has 1 unspecified atom stereocenters. The van der Waals surface area contributed by atoms with E-state index in [1.165, 1.54) is 11.1 Å². The van der Waals surface area contributed by atoms with Gasteiger partial charge in [0.1, 0.15) is 0 Å². The Bertz CT molecular complexity index is 426. The van der Waals surface area contributed by atoms with Gasteiger partial charge in [-0.2, -0.15) is 0 Å². The molecule has 0 heterocycles. The van der Waals surface area contributed by atoms with E-state index in [4.69, 9.17) is 5.73 Å². The quantitative estimate of drug-likeness (QED) is 0.871. The van der Waals surface area contributed by atoms with E-state index in [1.54, 1.807) is 4.90 Å². The lowest BCUT2D eigenvalue weighted by atomic mass is 10.0. The van der Waals surface area contributed by atoms with E-state index < -0.39 is 0 Å². The molecular weight excluding hydrogens is 212 g/mol. The number of carbonyl (C=O) groups is 1. The number of nitrogens with zero attached hydrogens (tertiary/aromatic N) is 1. The third-order valence-corrected chi connectivity index (χ3v) is 3.50. The van der Waals surface area contributed by atoms with Crippen molar-refractivity contribution in [3.8, 4) is 0 Å². The number of nitrogens with two attached hydrogens (primary N) is 1. The normalized spacial score (nSPS) is 12.4. The number of anilines is 1. The fraction of sp³-hybridized carbons (Fsp3) is 0.500. The van der Waals surface area contributed by atoms with Crippen LogP contribution in [0.25, 0.3) is 0 Å². The molecule has 1 atom stereocenters. The zero-order chi connectivity index (χ0) is 13.2. The van der Waals surface area contributed by atoms with Crippen molar-refractivity contribution in [1.29, 1.82) is 0 Å². The molecule has 94 valence electrons. The van der Waals surface area contributed by atoms with Crippen molar-refractivity contribution in [3.63, 3.8) is 0 Å². The molecule has 0 aliphatic heterocycles. The number of aryl methyl sites for hydroxylation is 1. The van der Waals surface area contributed by atoms with Gasteiger partial charge in [-0.3, -0.25) is 4.79 Å². The molecule has 0 radical (unpaired) electrons. The smallest absolute Gasteiger partial charge is 0.230 e. The molecule has 3 heteroatoms. The summed E-state index contributed by atoms with van der Waals surface area (Å²) in [5.74, 6) is -0.0696. The second kappa shape index (κ2) is 5.32. The van der Waals surface area contributed by atoms with Gasteiger partial charge in [-0.25, -0.2) is 0 Å². The standard InChI is InChI=1S/C14H22N2O/c1-9-6-7-13(12(4)11(9)3)16(5)14(17)10(2)8-15/h6-7,10H,8,15H2,1-5H3. The lowest BCUT2D eigenvalue weighted by molar-refractivity contribution is -0.121. The Morgan fingerprint density at radius 2 is 1.88 bits per heavy atom. The highest BCUT2D eigenvalue weighted by Crippen LogP contribution is 2.25. The van der Waals surface area contributed by atoms with E-state index in [0.717, 1.165) is 11.3 Å². The molecule has 0 saturated heterocycles. The third-order valence-electron chi connectivity index (χ3n) is 3.50. The fourth-order valence-electron chi connectivity index (χ4n) is 1.86. The van der Waals surface area contributed by atoms with Gasteiger partial charge in [-0.15, -0.1) is 0 Å². The lowest BCUT2D eigenvalue weighted by Gasteiger charge is -2.24. The van der Waals surface area contributed by atoms with Gasteiger partial charge < -0.3 is 10.6 Å². The molecule has 0 saturated carbocycles. The van der Waals surface area contributed by atoms with Gasteiger partial charge in [-0.1, -0.05) is 13.0 Å². The van der Waals surface area contributed by atoms with Crippen LogP contribution in [0.1, 0.15) is 23.6 Å². The number of hydrogen-bond acceptors (Lipinski definition) is 2. The Morgan fingerprint density at radius 3 is 2.41 bits per heavy atom. The van der Waals surface area contributed by atoms with Crippen LogP contribution in [0, 0.1) is 26.7 Å². The highest BCUT2D eigenvalue weighted by molar-refractivity contribution is 5.95. The summed E-state index contributed by atoms with van der Waals surface area (Å²) < 4.78 is 0. The van der Waals surface area contributed by atoms with Gasteiger partial charge in [-0.05, 0) is 43.5 Å². The summed E-state index contributed by atoms with van der Waals surface area (Å²) in [6.07, 6.45) is 0. The van der Waals surface area contributed by atoms with Crippen molar-refractivity contribution in [2.24, 2.45) is 11.7 Å². The topological polar surface area (TPSA) is 46.3 Å². The minimum absolute atomic E-state index is 0.0684. The Morgan fingerprint density at radius 1 is 1.29 bits per heavy atom. The van der Waals surface area contributed by atoms with Crippen LogP contribution in [0.15, 0.2) is 12.1 Å². The molecule has 0 aliphatic carbocycles. The third kappa shape index (κ3) is 2.67. The molecule has 2 N–H and O–H groups in total. The summed E-state index contributed by atoms with van der Waals surface area (Å²) in [4.78, 5) is 13.8. The average molecular weight is 234 g/mol. The molecule has 0 bridgehead atoms. The monoisotopic (exact) mass is 234 g/mol. The minimum Gasteiger partial charge on any atom is -0.330 e. The van der Waals surface area contributed by atoms with Gasteiger partial charge in [0.25, 0.3) is 0 Å². The van der Waals surface area contributed by atoms with Gasteiger partial charge >= 0.3 is 0 Å². The van der Waals surface area contributed by atoms with Crippen LogP contribution in [0.2, 0.25) is 0 Å². The summed E-state index contributed by atoms with van der Waals surface area (Å²) in [5.41, 5.74) is 10.1. The van der Waals surface area contributed by atoms with Crippen LogP contribution in [-0.2, 0) is 4.79 Å². The van der Waals surface area contributed by atoms with Crippen molar-refractivity contribution >= 4 is 11.6 Å². The molecule has 3 nitrogen and oxygen atoms in total. The molecule has 17 heavy (non-hydrogen) atoms. The Kier molecular flexibility index (Phi) is 4.29. The fourth-order valence-corrected chi connectivity index (χ4v) is 1.86. The average Bonchev–Trinajstić information content (AvgIpc) is 2.33. The molecule has 0 aromatic heterocycles. The zero-order valence-electron chi connectivity index (χ0n) is 11.4. The summed E-state index contributed by atoms with van der Waals surface area (Å²) in [6.45, 7) is 8.45. The van der Waals surface area contributed by atoms with Gasteiger partial charge in [0.05, 0.1) is 0 Å². The van der Waals surface area contributed by atoms with Gasteiger partial charge in [0, 0.05) is 25.2 Å². The lowest BCUT2D eigenvalue weighted by Crippen LogP contribution is -2.35. The summed E-state index contributed by atoms with van der Waals surface area (Å²) in [7, 11) is 1.81. The predicted molar refractivity (Wildman–Crippen MR) is 72.3 cm³/mol. The second-order valence-corrected chi connectivity index (χ2v) is 4.69. The van der Waals surface area contributed by atoms with E-state index in [1.807, 2.05) is 20.0 Å². The van der Waals surface area contributed by atoms with E-state index in [0.29, 0.717) is 6.54 Å². The summed E-state index contributed by atoms with van der Waals surface area (Å²) >= 11 is 0. The maximum Gasteiger partial charge on any atom is 0.230 e. The second-order valence-electron chi connectivity index (χ2n) is 4.69. The number of carbonyl (C=O) groups excluding carboxylic acids is 1. The first kappa shape index (κ1) is 13.7. The Labute approximate surface area is 104 Å². The number of rotatable bonds is 3. The molecule has 1 aromatic rings. The van der Waals surface area contributed by atoms with Crippen LogP contribution in [-0.4, -0.2) is 19.5 Å². The first-order valence-corrected chi connectivity index (χ1v) is 5.94. The maximum atomic E-state index is 12.1. The van der Waals surface area contributed by atoms with Crippen molar-refractivity contribution in [2.45, 2.75) is 27.7 Å². The van der Waals surface area contributed by atoms with Crippen LogP contribution in [0.5, 0.6) is 0 Å². The Balaban J connectivity index is 3.09. The summed E-state index contributed by atoms with van der Waals surface area (Å²) in [5, 5.41) is 0. The van der Waals surface area contributed by atoms with Crippen molar-refractivity contribution in [2.75, 3.05) is 18.5 Å². The molecule has 1 rings (SSSR count). The molecular formula is C14H22N2O. The molecule has 1 amide bonds. The van der Waals surface area contributed by atoms with E-state index in [-0.39, 0.29) is 11.8 Å². The number of hydrogen-bond donors (Lipinski definition) is 1. The first-order chi connectivity index (χ1) is 7.90. The highest BCUT2D eigenvalue weighted by atomic mass is 16.2. The van der Waals surface area contributed by atoms with Crippen LogP contribution < -0.4 is 10.6 Å². The van der Waals surface area contributed by atoms with Crippen molar-refractivity contribution in [1.82, 2.24) is 0 Å². The molecule has 0 spiro atoms. The van der Waals surface area contributed by atoms with Crippen molar-refractivity contribution in [3.05, 3.63) is 28.8 Å². The van der Waals surface area contributed by atoms with Crippen LogP contribution in [0.3, 0.4) is 0 Å². The largest absolute Gasteiger partial charge is 0.330 e. The van der Waals surface area contributed by atoms with E-state index >= 15 is 0 Å². The van der Waals surface area contributed by atoms with Crippen LogP contribution in [0.4, 0.5) is 5.69 Å². The molecule has 1 aromatic carbocycles. The van der Waals surface area contributed by atoms with E-state index in [2.05, 4.69) is 26.8 Å². The summed E-state index contributed by atoms with van der Waals surface area (Å²) in [6, 6.07) is 4.05. The van der Waals surface area contributed by atoms with Gasteiger partial charge in [0.15, 0.2) is 0 Å². The van der Waals surface area contributed by atoms with E-state index in [9.17, 15) is 4.79 Å². The zero-order valence-corrected chi connectivity index (χ0v) is 11.4. The van der Waals surface area contributed by atoms with Crippen LogP contribution >= 0.6 is 0 Å².